The van der Waals surface area contributed by atoms with E-state index in [2.05, 4.69) is 10.1 Å². The van der Waals surface area contributed by atoms with E-state index in [9.17, 15) is 18.0 Å². The van der Waals surface area contributed by atoms with Gasteiger partial charge in [-0.15, -0.1) is 0 Å². The van der Waals surface area contributed by atoms with Gasteiger partial charge >= 0.3 is 5.97 Å². The van der Waals surface area contributed by atoms with Crippen LogP contribution in [0, 0.1) is 0 Å². The summed E-state index contributed by atoms with van der Waals surface area (Å²) >= 11 is 5.99. The highest BCUT2D eigenvalue weighted by atomic mass is 35.5. The van der Waals surface area contributed by atoms with E-state index in [0.717, 1.165) is 19.2 Å². The number of carbonyl (C=O) groups excluding carboxylic acids is 2. The number of methoxy groups -OCH3 is 1. The Morgan fingerprint density at radius 1 is 1.44 bits per heavy atom. The zero-order valence-electron chi connectivity index (χ0n) is 13.0. The van der Waals surface area contributed by atoms with E-state index >= 15 is 0 Å². The highest BCUT2D eigenvalue weighted by Gasteiger charge is 2.34. The van der Waals surface area contributed by atoms with Gasteiger partial charge in [-0.25, -0.2) is 4.79 Å². The summed E-state index contributed by atoms with van der Waals surface area (Å²) in [5, 5.41) is 11.7. The van der Waals surface area contributed by atoms with Crippen molar-refractivity contribution in [3.63, 3.8) is 0 Å². The summed E-state index contributed by atoms with van der Waals surface area (Å²) in [6.45, 7) is -0.375. The summed E-state index contributed by atoms with van der Waals surface area (Å²) < 4.78 is 36.3. The SMILES string of the molecule is COC(=O)C1=C(Nc2cc(S(=O)(=O)O)ccc2Cl)C(=O)N(CCO)C1. The third kappa shape index (κ3) is 4.10. The highest BCUT2D eigenvalue weighted by Crippen LogP contribution is 2.29. The van der Waals surface area contributed by atoms with Crippen LogP contribution in [0.3, 0.4) is 0 Å². The smallest absolute Gasteiger partial charge is 0.337 e. The number of hydrogen-bond donors (Lipinski definition) is 3. The van der Waals surface area contributed by atoms with Crippen LogP contribution in [-0.4, -0.2) is 61.7 Å². The van der Waals surface area contributed by atoms with E-state index in [0.29, 0.717) is 0 Å². The fourth-order valence-corrected chi connectivity index (χ4v) is 2.92. The standard InChI is InChI=1S/C14H15ClN2O7S/c1-24-14(20)9-7-17(4-5-18)13(19)12(9)16-11-6-8(25(21,22)23)2-3-10(11)15/h2-3,6,16,18H,4-5,7H2,1H3,(H,21,22,23). The van der Waals surface area contributed by atoms with Crippen molar-refractivity contribution >= 4 is 39.3 Å². The lowest BCUT2D eigenvalue weighted by Gasteiger charge is -2.15. The third-order valence-electron chi connectivity index (χ3n) is 3.45. The quantitative estimate of drug-likeness (QED) is 0.465. The van der Waals surface area contributed by atoms with Crippen LogP contribution in [0.1, 0.15) is 0 Å². The van der Waals surface area contributed by atoms with Crippen LogP contribution >= 0.6 is 11.6 Å². The monoisotopic (exact) mass is 390 g/mol. The average Bonchev–Trinajstić information content (AvgIpc) is 2.85. The summed E-state index contributed by atoms with van der Waals surface area (Å²) in [6.07, 6.45) is 0. The number of halogens is 1. The lowest BCUT2D eigenvalue weighted by molar-refractivity contribution is -0.136. The minimum atomic E-state index is -4.48. The Morgan fingerprint density at radius 3 is 2.68 bits per heavy atom. The number of aliphatic hydroxyl groups excluding tert-OH is 1. The molecule has 1 aromatic carbocycles. The van der Waals surface area contributed by atoms with Gasteiger partial charge in [0.15, 0.2) is 0 Å². The average molecular weight is 391 g/mol. The molecule has 0 atom stereocenters. The summed E-state index contributed by atoms with van der Waals surface area (Å²) in [5.41, 5.74) is -0.128. The Morgan fingerprint density at radius 2 is 2.12 bits per heavy atom. The molecule has 1 aromatic rings. The molecule has 25 heavy (non-hydrogen) atoms. The first kappa shape index (κ1) is 19.2. The molecule has 0 radical (unpaired) electrons. The van der Waals surface area contributed by atoms with Gasteiger partial charge in [0.1, 0.15) is 5.70 Å². The summed E-state index contributed by atoms with van der Waals surface area (Å²) in [6, 6.07) is 3.34. The predicted octanol–water partition coefficient (Wildman–Crippen LogP) is 0.260. The van der Waals surface area contributed by atoms with Crippen molar-refractivity contribution in [1.29, 1.82) is 0 Å². The summed E-state index contributed by atoms with van der Waals surface area (Å²) in [5.74, 6) is -1.33. The van der Waals surface area contributed by atoms with Gasteiger partial charge in [0.05, 0.1) is 41.4 Å². The zero-order chi connectivity index (χ0) is 18.8. The van der Waals surface area contributed by atoms with Crippen molar-refractivity contribution < 1.29 is 32.4 Å². The molecule has 1 aliphatic heterocycles. The van der Waals surface area contributed by atoms with E-state index in [4.69, 9.17) is 21.3 Å². The number of anilines is 1. The first-order chi connectivity index (χ1) is 11.7. The lowest BCUT2D eigenvalue weighted by Crippen LogP contribution is -2.31. The molecule has 0 aliphatic carbocycles. The number of amides is 1. The molecule has 0 bridgehead atoms. The molecule has 1 aliphatic rings. The highest BCUT2D eigenvalue weighted by molar-refractivity contribution is 7.85. The normalized spacial score (nSPS) is 14.9. The van der Waals surface area contributed by atoms with Crippen molar-refractivity contribution in [2.45, 2.75) is 4.90 Å². The Labute approximate surface area is 148 Å². The largest absolute Gasteiger partial charge is 0.466 e. The van der Waals surface area contributed by atoms with Gasteiger partial charge in [-0.3, -0.25) is 9.35 Å². The van der Waals surface area contributed by atoms with Crippen LogP contribution in [0.4, 0.5) is 5.69 Å². The molecule has 9 nitrogen and oxygen atoms in total. The first-order valence-electron chi connectivity index (χ1n) is 6.94. The van der Waals surface area contributed by atoms with E-state index < -0.39 is 26.9 Å². The van der Waals surface area contributed by atoms with Crippen LogP contribution in [-0.2, 0) is 24.4 Å². The molecule has 1 amide bonds. The molecule has 0 unspecified atom stereocenters. The van der Waals surface area contributed by atoms with Crippen LogP contribution in [0.15, 0.2) is 34.4 Å². The van der Waals surface area contributed by atoms with Crippen molar-refractivity contribution in [3.8, 4) is 0 Å². The van der Waals surface area contributed by atoms with Gasteiger partial charge in [0, 0.05) is 6.54 Å². The van der Waals surface area contributed by atoms with Gasteiger partial charge in [-0.05, 0) is 18.2 Å². The summed E-state index contributed by atoms with van der Waals surface area (Å²) in [7, 11) is -3.33. The van der Waals surface area contributed by atoms with Gasteiger partial charge in [-0.2, -0.15) is 8.42 Å². The molecule has 3 N–H and O–H groups in total. The van der Waals surface area contributed by atoms with Crippen molar-refractivity contribution in [3.05, 3.63) is 34.5 Å². The second-order valence-electron chi connectivity index (χ2n) is 5.04. The van der Waals surface area contributed by atoms with E-state index in [1.807, 2.05) is 0 Å². The number of nitrogens with zero attached hydrogens (tertiary/aromatic N) is 1. The second kappa shape index (κ2) is 7.40. The fraction of sp³-hybridized carbons (Fsp3) is 0.286. The number of hydrogen-bond acceptors (Lipinski definition) is 7. The topological polar surface area (TPSA) is 133 Å². The van der Waals surface area contributed by atoms with E-state index in [-0.39, 0.29) is 41.7 Å². The lowest BCUT2D eigenvalue weighted by atomic mass is 10.2. The molecule has 2 rings (SSSR count). The molecular formula is C14H15ClN2O7S. The number of rotatable bonds is 6. The number of ether oxygens (including phenoxy) is 1. The number of β-amino-alcohol motifs (C(OH)–C–C–N with tert-alkyl or cyclic N) is 1. The predicted molar refractivity (Wildman–Crippen MR) is 87.6 cm³/mol. The molecule has 0 aromatic heterocycles. The maximum absolute atomic E-state index is 12.4. The van der Waals surface area contributed by atoms with Gasteiger partial charge in [0.25, 0.3) is 16.0 Å². The second-order valence-corrected chi connectivity index (χ2v) is 6.87. The van der Waals surface area contributed by atoms with E-state index in [1.54, 1.807) is 0 Å². The minimum Gasteiger partial charge on any atom is -0.466 e. The zero-order valence-corrected chi connectivity index (χ0v) is 14.6. The maximum atomic E-state index is 12.4. The molecule has 0 saturated heterocycles. The molecule has 136 valence electrons. The van der Waals surface area contributed by atoms with Gasteiger partial charge in [-0.1, -0.05) is 11.6 Å². The molecular weight excluding hydrogens is 376 g/mol. The van der Waals surface area contributed by atoms with Crippen LogP contribution in [0.25, 0.3) is 0 Å². The minimum absolute atomic E-state index is 0.00327. The fourth-order valence-electron chi connectivity index (χ4n) is 2.24. The number of aliphatic hydroxyl groups is 1. The van der Waals surface area contributed by atoms with Crippen LogP contribution in [0.5, 0.6) is 0 Å². The number of esters is 1. The Kier molecular flexibility index (Phi) is 5.68. The molecule has 0 spiro atoms. The Balaban J connectivity index is 2.45. The van der Waals surface area contributed by atoms with Gasteiger partial charge < -0.3 is 20.1 Å². The number of benzene rings is 1. The van der Waals surface area contributed by atoms with Crippen molar-refractivity contribution in [2.24, 2.45) is 0 Å². The molecule has 0 fully saturated rings. The maximum Gasteiger partial charge on any atom is 0.337 e. The van der Waals surface area contributed by atoms with Crippen LogP contribution < -0.4 is 5.32 Å². The van der Waals surface area contributed by atoms with Crippen molar-refractivity contribution in [2.75, 3.05) is 32.1 Å². The van der Waals surface area contributed by atoms with E-state index in [1.165, 1.54) is 11.0 Å². The Hall–Kier alpha value is -2.14. The van der Waals surface area contributed by atoms with Crippen molar-refractivity contribution in [1.82, 2.24) is 4.90 Å². The third-order valence-corrected chi connectivity index (χ3v) is 4.63. The Bertz CT molecular complexity index is 851. The van der Waals surface area contributed by atoms with Gasteiger partial charge in [0.2, 0.25) is 0 Å². The van der Waals surface area contributed by atoms with Crippen LogP contribution in [0.2, 0.25) is 5.02 Å². The number of nitrogens with one attached hydrogen (secondary N) is 1. The number of carbonyl (C=O) groups is 2. The molecule has 0 saturated carbocycles. The molecule has 11 heteroatoms. The summed E-state index contributed by atoms with van der Waals surface area (Å²) in [4.78, 5) is 25.1. The molecule has 1 heterocycles. The first-order valence-corrected chi connectivity index (χ1v) is 8.76.